The minimum Gasteiger partial charge on any atom is -0.354 e. The molecule has 17 heavy (non-hydrogen) atoms. The van der Waals surface area contributed by atoms with Crippen molar-refractivity contribution in [3.63, 3.8) is 0 Å². The van der Waals surface area contributed by atoms with Gasteiger partial charge in [0.05, 0.1) is 6.54 Å². The average Bonchev–Trinajstić information content (AvgIpc) is 2.52. The molecule has 0 radical (unpaired) electrons. The Labute approximate surface area is 102 Å². The Hall–Kier alpha value is -1.14. The highest BCUT2D eigenvalue weighted by Crippen LogP contribution is 2.02. The van der Waals surface area contributed by atoms with Crippen molar-refractivity contribution in [2.45, 2.75) is 13.3 Å². The molecule has 1 rings (SSSR count). The Bertz CT molecular complexity index is 270. The van der Waals surface area contributed by atoms with E-state index in [0.717, 1.165) is 26.1 Å². The van der Waals surface area contributed by atoms with Gasteiger partial charge in [-0.2, -0.15) is 0 Å². The molecule has 6 heteroatoms. The van der Waals surface area contributed by atoms with Gasteiger partial charge >= 0.3 is 0 Å². The Morgan fingerprint density at radius 3 is 2.65 bits per heavy atom. The normalized spacial score (nSPS) is 17.6. The minimum atomic E-state index is 0.00623. The molecule has 1 fully saturated rings. The van der Waals surface area contributed by atoms with Gasteiger partial charge in [0.15, 0.2) is 0 Å². The van der Waals surface area contributed by atoms with Crippen molar-refractivity contribution in [2.24, 2.45) is 5.73 Å². The van der Waals surface area contributed by atoms with E-state index in [9.17, 15) is 9.59 Å². The first kappa shape index (κ1) is 13.9. The SMILES string of the molecule is CC(=O)N1CCCN(CC(=O)NCCN)CC1. The second kappa shape index (κ2) is 7.24. The van der Waals surface area contributed by atoms with Crippen molar-refractivity contribution in [3.05, 3.63) is 0 Å². The Morgan fingerprint density at radius 2 is 2.00 bits per heavy atom. The molecule has 0 unspecified atom stereocenters. The second-order valence-corrected chi connectivity index (χ2v) is 4.27. The van der Waals surface area contributed by atoms with Crippen LogP contribution in [0.1, 0.15) is 13.3 Å². The number of nitrogens with zero attached hydrogens (tertiary/aromatic N) is 2. The zero-order valence-corrected chi connectivity index (χ0v) is 10.4. The first-order valence-corrected chi connectivity index (χ1v) is 6.08. The summed E-state index contributed by atoms with van der Waals surface area (Å²) in [5.74, 6) is 0.117. The molecule has 0 aromatic carbocycles. The van der Waals surface area contributed by atoms with Crippen LogP contribution in [-0.4, -0.2) is 67.4 Å². The van der Waals surface area contributed by atoms with Gasteiger partial charge in [0.2, 0.25) is 11.8 Å². The second-order valence-electron chi connectivity index (χ2n) is 4.27. The van der Waals surface area contributed by atoms with Crippen LogP contribution in [0.4, 0.5) is 0 Å². The summed E-state index contributed by atoms with van der Waals surface area (Å²) < 4.78 is 0. The molecule has 0 aromatic rings. The summed E-state index contributed by atoms with van der Waals surface area (Å²) in [4.78, 5) is 26.7. The number of nitrogens with one attached hydrogen (secondary N) is 1. The monoisotopic (exact) mass is 242 g/mol. The molecule has 3 N–H and O–H groups in total. The van der Waals surface area contributed by atoms with Crippen LogP contribution >= 0.6 is 0 Å². The zero-order chi connectivity index (χ0) is 12.7. The van der Waals surface area contributed by atoms with E-state index in [1.807, 2.05) is 4.90 Å². The van der Waals surface area contributed by atoms with Crippen LogP contribution in [0.2, 0.25) is 0 Å². The van der Waals surface area contributed by atoms with Gasteiger partial charge < -0.3 is 16.0 Å². The predicted octanol–water partition coefficient (Wildman–Crippen LogP) is -1.38. The third-order valence-electron chi connectivity index (χ3n) is 2.87. The maximum atomic E-state index is 11.5. The van der Waals surface area contributed by atoms with Crippen molar-refractivity contribution in [1.82, 2.24) is 15.1 Å². The van der Waals surface area contributed by atoms with Crippen LogP contribution in [0.15, 0.2) is 0 Å². The molecule has 2 amide bonds. The van der Waals surface area contributed by atoms with E-state index < -0.39 is 0 Å². The molecular formula is C11H22N4O2. The average molecular weight is 242 g/mol. The van der Waals surface area contributed by atoms with Crippen molar-refractivity contribution < 1.29 is 9.59 Å². The van der Waals surface area contributed by atoms with Gasteiger partial charge in [0.25, 0.3) is 0 Å². The minimum absolute atomic E-state index is 0.00623. The molecule has 1 saturated heterocycles. The topological polar surface area (TPSA) is 78.7 Å². The van der Waals surface area contributed by atoms with Crippen molar-refractivity contribution in [1.29, 1.82) is 0 Å². The number of nitrogens with two attached hydrogens (primary N) is 1. The summed E-state index contributed by atoms with van der Waals surface area (Å²) in [5.41, 5.74) is 5.31. The van der Waals surface area contributed by atoms with Crippen LogP contribution in [0.5, 0.6) is 0 Å². The summed E-state index contributed by atoms with van der Waals surface area (Å²) in [7, 11) is 0. The highest BCUT2D eigenvalue weighted by molar-refractivity contribution is 5.78. The third kappa shape index (κ3) is 5.14. The fourth-order valence-corrected chi connectivity index (χ4v) is 1.91. The highest BCUT2D eigenvalue weighted by Gasteiger charge is 2.17. The van der Waals surface area contributed by atoms with E-state index in [4.69, 9.17) is 5.73 Å². The number of hydrogen-bond acceptors (Lipinski definition) is 4. The summed E-state index contributed by atoms with van der Waals surface area (Å²) in [6.45, 7) is 6.08. The standard InChI is InChI=1S/C11H22N4O2/c1-10(16)15-6-2-5-14(7-8-15)9-11(17)13-4-3-12/h2-9,12H2,1H3,(H,13,17). The number of amides is 2. The molecule has 0 atom stereocenters. The third-order valence-corrected chi connectivity index (χ3v) is 2.87. The first-order chi connectivity index (χ1) is 8.13. The molecule has 0 aromatic heterocycles. The molecule has 0 aliphatic carbocycles. The van der Waals surface area contributed by atoms with Gasteiger partial charge in [-0.3, -0.25) is 14.5 Å². The summed E-state index contributed by atoms with van der Waals surface area (Å²) in [6, 6.07) is 0. The van der Waals surface area contributed by atoms with Crippen molar-refractivity contribution in [3.8, 4) is 0 Å². The fourth-order valence-electron chi connectivity index (χ4n) is 1.91. The van der Waals surface area contributed by atoms with Crippen molar-refractivity contribution in [2.75, 3.05) is 45.8 Å². The van der Waals surface area contributed by atoms with Crippen LogP contribution < -0.4 is 11.1 Å². The van der Waals surface area contributed by atoms with Crippen LogP contribution in [0, 0.1) is 0 Å². The van der Waals surface area contributed by atoms with Crippen LogP contribution in [-0.2, 0) is 9.59 Å². The highest BCUT2D eigenvalue weighted by atomic mass is 16.2. The Balaban J connectivity index is 2.31. The largest absolute Gasteiger partial charge is 0.354 e. The molecule has 1 aliphatic heterocycles. The van der Waals surface area contributed by atoms with E-state index in [2.05, 4.69) is 10.2 Å². The fraction of sp³-hybridized carbons (Fsp3) is 0.818. The maximum Gasteiger partial charge on any atom is 0.234 e. The van der Waals surface area contributed by atoms with E-state index in [1.54, 1.807) is 6.92 Å². The lowest BCUT2D eigenvalue weighted by Gasteiger charge is -2.20. The number of hydrogen-bond donors (Lipinski definition) is 2. The Morgan fingerprint density at radius 1 is 1.24 bits per heavy atom. The van der Waals surface area contributed by atoms with Crippen LogP contribution in [0.25, 0.3) is 0 Å². The number of carbonyl (C=O) groups excluding carboxylic acids is 2. The molecule has 1 aliphatic rings. The lowest BCUT2D eigenvalue weighted by Crippen LogP contribution is -2.41. The smallest absolute Gasteiger partial charge is 0.234 e. The zero-order valence-electron chi connectivity index (χ0n) is 10.4. The van der Waals surface area contributed by atoms with Gasteiger partial charge in [0.1, 0.15) is 0 Å². The molecule has 6 nitrogen and oxygen atoms in total. The first-order valence-electron chi connectivity index (χ1n) is 6.08. The van der Waals surface area contributed by atoms with Gasteiger partial charge in [0, 0.05) is 46.2 Å². The van der Waals surface area contributed by atoms with E-state index in [0.29, 0.717) is 26.2 Å². The Kier molecular flexibility index (Phi) is 5.93. The molecule has 0 bridgehead atoms. The quantitative estimate of drug-likeness (QED) is 0.636. The number of rotatable bonds is 4. The lowest BCUT2D eigenvalue weighted by molar-refractivity contribution is -0.128. The lowest BCUT2D eigenvalue weighted by atomic mass is 10.3. The van der Waals surface area contributed by atoms with E-state index in [1.165, 1.54) is 0 Å². The molecule has 98 valence electrons. The molecular weight excluding hydrogens is 220 g/mol. The molecule has 0 spiro atoms. The maximum absolute atomic E-state index is 11.5. The summed E-state index contributed by atoms with van der Waals surface area (Å²) in [5, 5.41) is 2.75. The van der Waals surface area contributed by atoms with Crippen molar-refractivity contribution >= 4 is 11.8 Å². The predicted molar refractivity (Wildman–Crippen MR) is 65.4 cm³/mol. The summed E-state index contributed by atoms with van der Waals surface area (Å²) in [6.07, 6.45) is 0.920. The van der Waals surface area contributed by atoms with Gasteiger partial charge in [-0.25, -0.2) is 0 Å². The van der Waals surface area contributed by atoms with Gasteiger partial charge in [-0.05, 0) is 6.42 Å². The summed E-state index contributed by atoms with van der Waals surface area (Å²) >= 11 is 0. The van der Waals surface area contributed by atoms with E-state index in [-0.39, 0.29) is 11.8 Å². The van der Waals surface area contributed by atoms with Gasteiger partial charge in [-0.1, -0.05) is 0 Å². The number of carbonyl (C=O) groups is 2. The van der Waals surface area contributed by atoms with Gasteiger partial charge in [-0.15, -0.1) is 0 Å². The molecule has 1 heterocycles. The van der Waals surface area contributed by atoms with E-state index >= 15 is 0 Å². The van der Waals surface area contributed by atoms with Crippen LogP contribution in [0.3, 0.4) is 0 Å². The molecule has 0 saturated carbocycles.